The Hall–Kier alpha value is -1.43. The Bertz CT molecular complexity index is 526. The first-order valence-electron chi connectivity index (χ1n) is 7.21. The second-order valence-corrected chi connectivity index (χ2v) is 5.50. The van der Waals surface area contributed by atoms with Gasteiger partial charge in [-0.3, -0.25) is 9.89 Å². The number of allylic oxidation sites excluding steroid dienone is 1. The molecule has 0 spiro atoms. The number of aromatic nitrogens is 3. The van der Waals surface area contributed by atoms with Gasteiger partial charge in [0.1, 0.15) is 5.82 Å². The summed E-state index contributed by atoms with van der Waals surface area (Å²) in [6, 6.07) is 0. The van der Waals surface area contributed by atoms with Gasteiger partial charge in [0.15, 0.2) is 4.77 Å². The van der Waals surface area contributed by atoms with Crippen molar-refractivity contribution in [3.63, 3.8) is 0 Å². The standard InChI is InChI=1S/C14H22N4OS/c1-3-5-6-12(19)17-9-7-11(8-10-17)13-15-16-14(20)18(13)4-2/h3,11H,1,4-10H2,2H3,(H,16,20). The summed E-state index contributed by atoms with van der Waals surface area (Å²) in [6.45, 7) is 8.18. The van der Waals surface area contributed by atoms with Crippen molar-refractivity contribution in [1.29, 1.82) is 0 Å². The highest BCUT2D eigenvalue weighted by atomic mass is 32.1. The van der Waals surface area contributed by atoms with Crippen molar-refractivity contribution in [2.75, 3.05) is 13.1 Å². The average molecular weight is 294 g/mol. The van der Waals surface area contributed by atoms with E-state index in [2.05, 4.69) is 28.3 Å². The highest BCUT2D eigenvalue weighted by Crippen LogP contribution is 2.27. The van der Waals surface area contributed by atoms with E-state index in [0.29, 0.717) is 17.1 Å². The predicted octanol–water partition coefficient (Wildman–Crippen LogP) is 2.63. The lowest BCUT2D eigenvalue weighted by Crippen LogP contribution is -2.38. The molecule has 0 radical (unpaired) electrons. The van der Waals surface area contributed by atoms with Gasteiger partial charge in [-0.25, -0.2) is 0 Å². The monoisotopic (exact) mass is 294 g/mol. The number of hydrogen-bond donors (Lipinski definition) is 1. The second kappa shape index (κ2) is 6.83. The third kappa shape index (κ3) is 3.17. The van der Waals surface area contributed by atoms with Gasteiger partial charge in [0.2, 0.25) is 5.91 Å². The first-order chi connectivity index (χ1) is 9.67. The maximum atomic E-state index is 12.0. The Labute approximate surface area is 124 Å². The molecule has 2 heterocycles. The fraction of sp³-hybridized carbons (Fsp3) is 0.643. The van der Waals surface area contributed by atoms with Crippen molar-refractivity contribution in [2.45, 2.75) is 45.1 Å². The van der Waals surface area contributed by atoms with Gasteiger partial charge >= 0.3 is 0 Å². The molecule has 20 heavy (non-hydrogen) atoms. The molecule has 0 bridgehead atoms. The molecule has 1 aromatic rings. The minimum Gasteiger partial charge on any atom is -0.343 e. The van der Waals surface area contributed by atoms with Crippen molar-refractivity contribution in [2.24, 2.45) is 0 Å². The summed E-state index contributed by atoms with van der Waals surface area (Å²) in [5.74, 6) is 1.67. The number of nitrogens with zero attached hydrogens (tertiary/aromatic N) is 3. The van der Waals surface area contributed by atoms with Gasteiger partial charge in [0.05, 0.1) is 0 Å². The fourth-order valence-corrected chi connectivity index (χ4v) is 2.99. The summed E-state index contributed by atoms with van der Waals surface area (Å²) in [6.07, 6.45) is 5.04. The molecule has 1 aliphatic heterocycles. The number of carbonyl (C=O) groups excluding carboxylic acids is 1. The highest BCUT2D eigenvalue weighted by Gasteiger charge is 2.26. The van der Waals surface area contributed by atoms with Gasteiger partial charge in [0, 0.05) is 32.0 Å². The van der Waals surface area contributed by atoms with E-state index in [1.807, 2.05) is 4.90 Å². The molecule has 1 aromatic heterocycles. The molecule has 0 unspecified atom stereocenters. The zero-order chi connectivity index (χ0) is 14.5. The van der Waals surface area contributed by atoms with Crippen molar-refractivity contribution >= 4 is 18.1 Å². The van der Waals surface area contributed by atoms with Crippen LogP contribution in [0.5, 0.6) is 0 Å². The van der Waals surface area contributed by atoms with E-state index in [4.69, 9.17) is 12.2 Å². The van der Waals surface area contributed by atoms with E-state index in [0.717, 1.165) is 44.7 Å². The Morgan fingerprint density at radius 3 is 2.85 bits per heavy atom. The topological polar surface area (TPSA) is 53.9 Å². The molecule has 1 fully saturated rings. The molecule has 0 saturated carbocycles. The summed E-state index contributed by atoms with van der Waals surface area (Å²) >= 11 is 5.22. The molecule has 0 aromatic carbocycles. The Kier molecular flexibility index (Phi) is 5.11. The van der Waals surface area contributed by atoms with E-state index in [1.165, 1.54) is 0 Å². The Morgan fingerprint density at radius 2 is 2.25 bits per heavy atom. The summed E-state index contributed by atoms with van der Waals surface area (Å²) in [5.41, 5.74) is 0. The number of H-pyrrole nitrogens is 1. The minimum atomic E-state index is 0.234. The number of amides is 1. The van der Waals surface area contributed by atoms with Crippen LogP contribution in [-0.2, 0) is 11.3 Å². The quantitative estimate of drug-likeness (QED) is 0.671. The lowest BCUT2D eigenvalue weighted by molar-refractivity contribution is -0.132. The highest BCUT2D eigenvalue weighted by molar-refractivity contribution is 7.71. The molecule has 2 rings (SSSR count). The number of piperidine rings is 1. The lowest BCUT2D eigenvalue weighted by Gasteiger charge is -2.31. The van der Waals surface area contributed by atoms with Gasteiger partial charge in [-0.15, -0.1) is 6.58 Å². The normalized spacial score (nSPS) is 16.4. The lowest BCUT2D eigenvalue weighted by atomic mass is 9.95. The molecular formula is C14H22N4OS. The molecule has 110 valence electrons. The Balaban J connectivity index is 1.95. The molecule has 0 atom stereocenters. The van der Waals surface area contributed by atoms with Crippen LogP contribution in [0.15, 0.2) is 12.7 Å². The first-order valence-corrected chi connectivity index (χ1v) is 7.62. The smallest absolute Gasteiger partial charge is 0.222 e. The largest absolute Gasteiger partial charge is 0.343 e. The number of nitrogens with one attached hydrogen (secondary N) is 1. The average Bonchev–Trinajstić information content (AvgIpc) is 2.85. The zero-order valence-electron chi connectivity index (χ0n) is 12.0. The summed E-state index contributed by atoms with van der Waals surface area (Å²) in [7, 11) is 0. The molecular weight excluding hydrogens is 272 g/mol. The second-order valence-electron chi connectivity index (χ2n) is 5.11. The van der Waals surface area contributed by atoms with Gasteiger partial charge in [-0.05, 0) is 38.4 Å². The molecule has 1 N–H and O–H groups in total. The van der Waals surface area contributed by atoms with Gasteiger partial charge in [0.25, 0.3) is 0 Å². The van der Waals surface area contributed by atoms with Gasteiger partial charge in [-0.1, -0.05) is 6.08 Å². The summed E-state index contributed by atoms with van der Waals surface area (Å²) in [4.78, 5) is 13.9. The molecule has 1 amide bonds. The number of rotatable bonds is 5. The van der Waals surface area contributed by atoms with Crippen LogP contribution in [0.25, 0.3) is 0 Å². The zero-order valence-corrected chi connectivity index (χ0v) is 12.8. The van der Waals surface area contributed by atoms with E-state index < -0.39 is 0 Å². The van der Waals surface area contributed by atoms with E-state index in [9.17, 15) is 4.79 Å². The number of likely N-dealkylation sites (tertiary alicyclic amines) is 1. The summed E-state index contributed by atoms with van der Waals surface area (Å²) in [5, 5.41) is 7.23. The van der Waals surface area contributed by atoms with Gasteiger partial charge in [-0.2, -0.15) is 5.10 Å². The number of aromatic amines is 1. The van der Waals surface area contributed by atoms with E-state index in [-0.39, 0.29) is 5.91 Å². The SMILES string of the molecule is C=CCCC(=O)N1CCC(c2n[nH]c(=S)n2CC)CC1. The molecule has 6 heteroatoms. The molecule has 1 saturated heterocycles. The predicted molar refractivity (Wildman–Crippen MR) is 81.1 cm³/mol. The van der Waals surface area contributed by atoms with Crippen LogP contribution in [0.4, 0.5) is 0 Å². The van der Waals surface area contributed by atoms with Crippen molar-refractivity contribution in [3.8, 4) is 0 Å². The van der Waals surface area contributed by atoms with Crippen LogP contribution in [0.1, 0.15) is 44.3 Å². The molecule has 5 nitrogen and oxygen atoms in total. The van der Waals surface area contributed by atoms with E-state index in [1.54, 1.807) is 6.08 Å². The first kappa shape index (κ1) is 15.0. The summed E-state index contributed by atoms with van der Waals surface area (Å²) < 4.78 is 2.74. The van der Waals surface area contributed by atoms with Crippen molar-refractivity contribution in [1.82, 2.24) is 19.7 Å². The van der Waals surface area contributed by atoms with Gasteiger partial charge < -0.3 is 9.47 Å². The molecule has 1 aliphatic rings. The van der Waals surface area contributed by atoms with Crippen LogP contribution in [0.3, 0.4) is 0 Å². The van der Waals surface area contributed by atoms with Crippen LogP contribution < -0.4 is 0 Å². The van der Waals surface area contributed by atoms with E-state index >= 15 is 0 Å². The van der Waals surface area contributed by atoms with Crippen LogP contribution in [0.2, 0.25) is 0 Å². The van der Waals surface area contributed by atoms with Crippen molar-refractivity contribution in [3.05, 3.63) is 23.3 Å². The number of carbonyl (C=O) groups is 1. The van der Waals surface area contributed by atoms with Crippen LogP contribution in [-0.4, -0.2) is 38.7 Å². The Morgan fingerprint density at radius 1 is 1.55 bits per heavy atom. The maximum Gasteiger partial charge on any atom is 0.222 e. The fourth-order valence-electron chi connectivity index (χ4n) is 2.72. The maximum absolute atomic E-state index is 12.0. The minimum absolute atomic E-state index is 0.234. The van der Waals surface area contributed by atoms with Crippen LogP contribution >= 0.6 is 12.2 Å². The molecule has 0 aliphatic carbocycles. The third-order valence-corrected chi connectivity index (χ3v) is 4.19. The van der Waals surface area contributed by atoms with Crippen molar-refractivity contribution < 1.29 is 4.79 Å². The third-order valence-electron chi connectivity index (χ3n) is 3.88. The number of hydrogen-bond acceptors (Lipinski definition) is 3. The van der Waals surface area contributed by atoms with Crippen LogP contribution in [0, 0.1) is 4.77 Å².